The van der Waals surface area contributed by atoms with E-state index < -0.39 is 0 Å². The third kappa shape index (κ3) is 4.12. The van der Waals surface area contributed by atoms with Gasteiger partial charge in [-0.05, 0) is 37.8 Å². The van der Waals surface area contributed by atoms with Crippen LogP contribution in [0.1, 0.15) is 25.7 Å². The Bertz CT molecular complexity index is 582. The molecule has 7 heteroatoms. The number of carbonyl (C=O) groups is 2. The Morgan fingerprint density at radius 3 is 2.21 bits per heavy atom. The van der Waals surface area contributed by atoms with Crippen molar-refractivity contribution < 1.29 is 9.59 Å². The van der Waals surface area contributed by atoms with Crippen molar-refractivity contribution in [2.24, 2.45) is 5.92 Å². The van der Waals surface area contributed by atoms with Crippen LogP contribution in [0, 0.1) is 5.92 Å². The maximum Gasteiger partial charge on any atom is 0.319 e. The van der Waals surface area contributed by atoms with E-state index in [1.807, 2.05) is 21.9 Å². The topological polar surface area (TPSA) is 78.7 Å². The molecule has 0 aromatic heterocycles. The molecule has 0 radical (unpaired) electrons. The number of piperidine rings is 1. The average Bonchev–Trinajstić information content (AvgIpc) is 3.11. The Morgan fingerprint density at radius 2 is 1.58 bits per heavy atom. The minimum absolute atomic E-state index is 0. The van der Waals surface area contributed by atoms with E-state index in [0.29, 0.717) is 37.3 Å². The van der Waals surface area contributed by atoms with Gasteiger partial charge in [0, 0.05) is 32.1 Å². The number of nitrogens with one attached hydrogen (secondary N) is 1. The molecule has 3 amide bonds. The van der Waals surface area contributed by atoms with Crippen LogP contribution in [0.4, 0.5) is 16.2 Å². The molecule has 0 unspecified atom stereocenters. The van der Waals surface area contributed by atoms with Crippen molar-refractivity contribution in [2.75, 3.05) is 37.2 Å². The summed E-state index contributed by atoms with van der Waals surface area (Å²) in [6.45, 7) is 3.04. The van der Waals surface area contributed by atoms with Gasteiger partial charge in [-0.15, -0.1) is 12.4 Å². The third-order valence-corrected chi connectivity index (χ3v) is 4.73. The maximum absolute atomic E-state index is 12.4. The van der Waals surface area contributed by atoms with E-state index in [4.69, 9.17) is 5.73 Å². The summed E-state index contributed by atoms with van der Waals surface area (Å²) in [5, 5.41) is 2.90. The number of amides is 3. The van der Waals surface area contributed by atoms with Gasteiger partial charge >= 0.3 is 6.03 Å². The number of urea groups is 1. The lowest BCUT2D eigenvalue weighted by Gasteiger charge is -2.34. The molecule has 1 aromatic rings. The number of nitrogen functional groups attached to an aromatic ring is 1. The Hall–Kier alpha value is -1.95. The quantitative estimate of drug-likeness (QED) is 0.803. The van der Waals surface area contributed by atoms with Crippen molar-refractivity contribution in [3.8, 4) is 0 Å². The van der Waals surface area contributed by atoms with Gasteiger partial charge in [-0.3, -0.25) is 4.79 Å². The zero-order chi connectivity index (χ0) is 16.2. The summed E-state index contributed by atoms with van der Waals surface area (Å²) in [7, 11) is 0. The molecule has 0 bridgehead atoms. The van der Waals surface area contributed by atoms with Gasteiger partial charge < -0.3 is 20.9 Å². The largest absolute Gasteiger partial charge is 0.397 e. The van der Waals surface area contributed by atoms with Gasteiger partial charge in [-0.2, -0.15) is 0 Å². The number of halogens is 1. The number of benzene rings is 1. The summed E-state index contributed by atoms with van der Waals surface area (Å²) >= 11 is 0. The van der Waals surface area contributed by atoms with Crippen molar-refractivity contribution in [1.29, 1.82) is 0 Å². The molecular weight excluding hydrogens is 328 g/mol. The van der Waals surface area contributed by atoms with Gasteiger partial charge in [0.2, 0.25) is 5.91 Å². The highest BCUT2D eigenvalue weighted by molar-refractivity contribution is 5.95. The zero-order valence-electron chi connectivity index (χ0n) is 13.7. The van der Waals surface area contributed by atoms with E-state index in [1.165, 1.54) is 0 Å². The Kier molecular flexibility index (Phi) is 6.31. The predicted octanol–water partition coefficient (Wildman–Crippen LogP) is 2.56. The van der Waals surface area contributed by atoms with Gasteiger partial charge in [0.15, 0.2) is 0 Å². The molecule has 6 nitrogen and oxygen atoms in total. The maximum atomic E-state index is 12.4. The van der Waals surface area contributed by atoms with E-state index in [9.17, 15) is 9.59 Å². The normalized spacial score (nSPS) is 18.2. The van der Waals surface area contributed by atoms with E-state index in [0.717, 1.165) is 25.9 Å². The zero-order valence-corrected chi connectivity index (χ0v) is 14.6. The minimum Gasteiger partial charge on any atom is -0.397 e. The SMILES string of the molecule is Cl.Nc1ccccc1NC(=O)C1CCN(C(=O)N2CCCC2)CC1. The molecule has 3 N–H and O–H groups in total. The minimum atomic E-state index is -0.0581. The summed E-state index contributed by atoms with van der Waals surface area (Å²) in [5.74, 6) is -0.0617. The highest BCUT2D eigenvalue weighted by Gasteiger charge is 2.30. The summed E-state index contributed by atoms with van der Waals surface area (Å²) < 4.78 is 0. The number of nitrogens with two attached hydrogens (primary N) is 1. The van der Waals surface area contributed by atoms with Crippen LogP contribution in [0.15, 0.2) is 24.3 Å². The van der Waals surface area contributed by atoms with Crippen molar-refractivity contribution in [1.82, 2.24) is 9.80 Å². The standard InChI is InChI=1S/C17H24N4O2.ClH/c18-14-5-1-2-6-15(14)19-16(22)13-7-11-21(12-8-13)17(23)20-9-3-4-10-20;/h1-2,5-6,13H,3-4,7-12,18H2,(H,19,22);1H. The number of carbonyl (C=O) groups excluding carboxylic acids is 2. The van der Waals surface area contributed by atoms with Crippen LogP contribution in [0.25, 0.3) is 0 Å². The molecule has 1 aromatic carbocycles. The first-order chi connectivity index (χ1) is 11.1. The van der Waals surface area contributed by atoms with E-state index in [2.05, 4.69) is 5.32 Å². The number of hydrogen-bond donors (Lipinski definition) is 2. The Balaban J connectivity index is 0.00000208. The summed E-state index contributed by atoms with van der Waals surface area (Å²) in [6, 6.07) is 7.40. The second-order valence-electron chi connectivity index (χ2n) is 6.31. The Morgan fingerprint density at radius 1 is 1.00 bits per heavy atom. The van der Waals surface area contributed by atoms with Crippen LogP contribution in [0.5, 0.6) is 0 Å². The van der Waals surface area contributed by atoms with E-state index in [-0.39, 0.29) is 30.3 Å². The number of likely N-dealkylation sites (tertiary alicyclic amines) is 2. The van der Waals surface area contributed by atoms with Gasteiger partial charge in [-0.1, -0.05) is 12.1 Å². The van der Waals surface area contributed by atoms with Gasteiger partial charge in [-0.25, -0.2) is 4.79 Å². The first-order valence-corrected chi connectivity index (χ1v) is 8.34. The summed E-state index contributed by atoms with van der Waals surface area (Å²) in [4.78, 5) is 28.5. The number of hydrogen-bond acceptors (Lipinski definition) is 3. The molecular formula is C17H25ClN4O2. The fourth-order valence-electron chi connectivity index (χ4n) is 3.29. The molecule has 0 spiro atoms. The first-order valence-electron chi connectivity index (χ1n) is 8.34. The fourth-order valence-corrected chi connectivity index (χ4v) is 3.29. The summed E-state index contributed by atoms with van der Waals surface area (Å²) in [6.07, 6.45) is 3.61. The van der Waals surface area contributed by atoms with Gasteiger partial charge in [0.1, 0.15) is 0 Å². The highest BCUT2D eigenvalue weighted by atomic mass is 35.5. The van der Waals surface area contributed by atoms with Gasteiger partial charge in [0.25, 0.3) is 0 Å². The molecule has 2 aliphatic rings. The lowest BCUT2D eigenvalue weighted by molar-refractivity contribution is -0.121. The molecule has 0 atom stereocenters. The Labute approximate surface area is 148 Å². The van der Waals surface area contributed by atoms with Crippen LogP contribution in [-0.2, 0) is 4.79 Å². The van der Waals surface area contributed by atoms with Crippen molar-refractivity contribution in [3.05, 3.63) is 24.3 Å². The van der Waals surface area contributed by atoms with Crippen molar-refractivity contribution in [3.63, 3.8) is 0 Å². The number of para-hydroxylation sites is 2. The molecule has 132 valence electrons. The monoisotopic (exact) mass is 352 g/mol. The third-order valence-electron chi connectivity index (χ3n) is 4.73. The molecule has 0 saturated carbocycles. The van der Waals surface area contributed by atoms with E-state index in [1.54, 1.807) is 12.1 Å². The molecule has 24 heavy (non-hydrogen) atoms. The molecule has 3 rings (SSSR count). The van der Waals surface area contributed by atoms with Crippen molar-refractivity contribution in [2.45, 2.75) is 25.7 Å². The first kappa shape index (κ1) is 18.4. The predicted molar refractivity (Wildman–Crippen MR) is 97.2 cm³/mol. The second kappa shape index (κ2) is 8.24. The van der Waals surface area contributed by atoms with Crippen LogP contribution in [-0.4, -0.2) is 47.9 Å². The lowest BCUT2D eigenvalue weighted by atomic mass is 9.96. The van der Waals surface area contributed by atoms with Gasteiger partial charge in [0.05, 0.1) is 11.4 Å². The van der Waals surface area contributed by atoms with Crippen molar-refractivity contribution >= 4 is 35.7 Å². The lowest BCUT2D eigenvalue weighted by Crippen LogP contribution is -2.47. The molecule has 2 saturated heterocycles. The smallest absolute Gasteiger partial charge is 0.319 e. The number of nitrogens with zero attached hydrogens (tertiary/aromatic N) is 2. The summed E-state index contributed by atoms with van der Waals surface area (Å²) in [5.41, 5.74) is 7.09. The average molecular weight is 353 g/mol. The molecule has 2 aliphatic heterocycles. The number of rotatable bonds is 2. The van der Waals surface area contributed by atoms with Crippen LogP contribution >= 0.6 is 12.4 Å². The second-order valence-corrected chi connectivity index (χ2v) is 6.31. The fraction of sp³-hybridized carbons (Fsp3) is 0.529. The van der Waals surface area contributed by atoms with Crippen LogP contribution in [0.2, 0.25) is 0 Å². The van der Waals surface area contributed by atoms with E-state index >= 15 is 0 Å². The highest BCUT2D eigenvalue weighted by Crippen LogP contribution is 2.23. The molecule has 2 fully saturated rings. The molecule has 2 heterocycles. The van der Waals surface area contributed by atoms with Crippen LogP contribution in [0.3, 0.4) is 0 Å². The van der Waals surface area contributed by atoms with Crippen LogP contribution < -0.4 is 11.1 Å². The molecule has 0 aliphatic carbocycles. The number of anilines is 2.